The van der Waals surface area contributed by atoms with Gasteiger partial charge in [0.25, 0.3) is 17.7 Å². The maximum absolute atomic E-state index is 12.8. The van der Waals surface area contributed by atoms with Crippen molar-refractivity contribution in [3.05, 3.63) is 35.4 Å². The van der Waals surface area contributed by atoms with Crippen molar-refractivity contribution in [1.82, 2.24) is 9.80 Å². The number of amides is 3. The zero-order valence-corrected chi connectivity index (χ0v) is 17.4. The highest BCUT2D eigenvalue weighted by molar-refractivity contribution is 7.98. The number of hydrogen-bond acceptors (Lipinski definition) is 6. The van der Waals surface area contributed by atoms with Crippen LogP contribution in [-0.2, 0) is 14.3 Å². The van der Waals surface area contributed by atoms with Gasteiger partial charge >= 0.3 is 5.97 Å². The standard InChI is InChI=1S/C21H26N2O5S/c1-29-13-10-17(23-19(25)15-8-4-5-9-16(15)20(23)26)21(27)28-14-18(24)22-11-6-2-3-7-12-22/h4-5,8-9,17H,2-3,6-7,10-14H2,1H3/t17-/m0/s1. The number of esters is 1. The number of imide groups is 1. The van der Waals surface area contributed by atoms with Crippen LogP contribution in [0.25, 0.3) is 0 Å². The Morgan fingerprint density at radius 1 is 1.03 bits per heavy atom. The lowest BCUT2D eigenvalue weighted by Crippen LogP contribution is -2.47. The monoisotopic (exact) mass is 418 g/mol. The van der Waals surface area contributed by atoms with E-state index in [0.29, 0.717) is 30.0 Å². The summed E-state index contributed by atoms with van der Waals surface area (Å²) in [4.78, 5) is 53.4. The summed E-state index contributed by atoms with van der Waals surface area (Å²) in [5.74, 6) is -1.35. The molecule has 29 heavy (non-hydrogen) atoms. The van der Waals surface area contributed by atoms with Crippen molar-refractivity contribution in [1.29, 1.82) is 0 Å². The molecule has 0 unspecified atom stereocenters. The van der Waals surface area contributed by atoms with Crippen LogP contribution in [0.1, 0.15) is 52.8 Å². The van der Waals surface area contributed by atoms with Crippen LogP contribution in [0.15, 0.2) is 24.3 Å². The molecular weight excluding hydrogens is 392 g/mol. The molecular formula is C21H26N2O5S. The first kappa shape index (κ1) is 21.4. The lowest BCUT2D eigenvalue weighted by Gasteiger charge is -2.25. The zero-order valence-electron chi connectivity index (χ0n) is 16.6. The van der Waals surface area contributed by atoms with Gasteiger partial charge in [0, 0.05) is 13.1 Å². The van der Waals surface area contributed by atoms with E-state index in [2.05, 4.69) is 0 Å². The molecule has 0 aliphatic carbocycles. The molecule has 3 amide bonds. The van der Waals surface area contributed by atoms with E-state index < -0.39 is 23.8 Å². The van der Waals surface area contributed by atoms with E-state index in [1.54, 1.807) is 29.2 Å². The van der Waals surface area contributed by atoms with Crippen molar-refractivity contribution in [2.75, 3.05) is 31.7 Å². The van der Waals surface area contributed by atoms with E-state index in [1.807, 2.05) is 6.26 Å². The molecule has 2 aliphatic heterocycles. The van der Waals surface area contributed by atoms with E-state index in [-0.39, 0.29) is 18.9 Å². The predicted octanol–water partition coefficient (Wildman–Crippen LogP) is 2.35. The van der Waals surface area contributed by atoms with Crippen molar-refractivity contribution >= 4 is 35.5 Å². The van der Waals surface area contributed by atoms with Gasteiger partial charge in [0.2, 0.25) is 0 Å². The van der Waals surface area contributed by atoms with Crippen molar-refractivity contribution in [3.63, 3.8) is 0 Å². The van der Waals surface area contributed by atoms with Crippen molar-refractivity contribution in [2.45, 2.75) is 38.1 Å². The summed E-state index contributed by atoms with van der Waals surface area (Å²) in [7, 11) is 0. The van der Waals surface area contributed by atoms with Crippen LogP contribution in [-0.4, -0.2) is 71.2 Å². The molecule has 0 aromatic heterocycles. The Morgan fingerprint density at radius 2 is 1.62 bits per heavy atom. The number of ether oxygens (including phenoxy) is 1. The van der Waals surface area contributed by atoms with Gasteiger partial charge in [-0.15, -0.1) is 0 Å². The maximum Gasteiger partial charge on any atom is 0.329 e. The minimum absolute atomic E-state index is 0.230. The number of carbonyl (C=O) groups is 4. The summed E-state index contributed by atoms with van der Waals surface area (Å²) in [5.41, 5.74) is 0.584. The van der Waals surface area contributed by atoms with Gasteiger partial charge in [0.15, 0.2) is 6.61 Å². The summed E-state index contributed by atoms with van der Waals surface area (Å²) in [6, 6.07) is 5.49. The summed E-state index contributed by atoms with van der Waals surface area (Å²) in [6.07, 6.45) is 6.26. The Bertz CT molecular complexity index is 754. The van der Waals surface area contributed by atoms with E-state index in [4.69, 9.17) is 4.74 Å². The van der Waals surface area contributed by atoms with Gasteiger partial charge in [-0.3, -0.25) is 19.3 Å². The third-order valence-electron chi connectivity index (χ3n) is 5.30. The molecule has 0 spiro atoms. The Hall–Kier alpha value is -2.35. The fourth-order valence-corrected chi connectivity index (χ4v) is 4.17. The third-order valence-corrected chi connectivity index (χ3v) is 5.95. The van der Waals surface area contributed by atoms with Crippen molar-refractivity contribution in [2.24, 2.45) is 0 Å². The number of thioether (sulfide) groups is 1. The SMILES string of the molecule is CSCC[C@@H](C(=O)OCC(=O)N1CCCCCC1)N1C(=O)c2ccccc2C1=O. The number of benzene rings is 1. The lowest BCUT2D eigenvalue weighted by molar-refractivity contribution is -0.155. The number of likely N-dealkylation sites (tertiary alicyclic amines) is 1. The van der Waals surface area contributed by atoms with Crippen LogP contribution in [0.4, 0.5) is 0 Å². The molecule has 1 aromatic rings. The van der Waals surface area contributed by atoms with E-state index >= 15 is 0 Å². The molecule has 1 fully saturated rings. The van der Waals surface area contributed by atoms with Crippen LogP contribution in [0.2, 0.25) is 0 Å². The second-order valence-corrected chi connectivity index (χ2v) is 8.21. The first-order valence-electron chi connectivity index (χ1n) is 9.95. The van der Waals surface area contributed by atoms with E-state index in [0.717, 1.165) is 30.6 Å². The second kappa shape index (κ2) is 9.91. The summed E-state index contributed by atoms with van der Waals surface area (Å²) >= 11 is 1.51. The smallest absolute Gasteiger partial charge is 0.329 e. The molecule has 3 rings (SSSR count). The molecule has 0 N–H and O–H groups in total. The summed E-state index contributed by atoms with van der Waals surface area (Å²) < 4.78 is 5.28. The first-order chi connectivity index (χ1) is 14.0. The van der Waals surface area contributed by atoms with Gasteiger partial charge in [-0.2, -0.15) is 11.8 Å². The fourth-order valence-electron chi connectivity index (χ4n) is 3.71. The molecule has 0 bridgehead atoms. The highest BCUT2D eigenvalue weighted by Gasteiger charge is 2.43. The molecule has 8 heteroatoms. The highest BCUT2D eigenvalue weighted by atomic mass is 32.2. The van der Waals surface area contributed by atoms with Crippen LogP contribution in [0.5, 0.6) is 0 Å². The topological polar surface area (TPSA) is 84.0 Å². The Balaban J connectivity index is 1.68. The van der Waals surface area contributed by atoms with Gasteiger partial charge in [-0.25, -0.2) is 4.79 Å². The molecule has 0 radical (unpaired) electrons. The molecule has 7 nitrogen and oxygen atoms in total. The average molecular weight is 419 g/mol. The van der Waals surface area contributed by atoms with Gasteiger partial charge in [-0.1, -0.05) is 25.0 Å². The van der Waals surface area contributed by atoms with Crippen LogP contribution < -0.4 is 0 Å². The third kappa shape index (κ3) is 4.80. The zero-order chi connectivity index (χ0) is 20.8. The number of fused-ring (bicyclic) bond motifs is 1. The molecule has 2 aliphatic rings. The Labute approximate surface area is 174 Å². The first-order valence-corrected chi connectivity index (χ1v) is 11.3. The minimum atomic E-state index is -1.04. The number of nitrogens with zero attached hydrogens (tertiary/aromatic N) is 2. The lowest BCUT2D eigenvalue weighted by atomic mass is 10.1. The average Bonchev–Trinajstić information content (AvgIpc) is 2.92. The van der Waals surface area contributed by atoms with Crippen LogP contribution >= 0.6 is 11.8 Å². The number of rotatable bonds is 7. The quantitative estimate of drug-likeness (QED) is 0.499. The largest absolute Gasteiger partial charge is 0.454 e. The normalized spacial score (nSPS) is 17.7. The maximum atomic E-state index is 12.8. The summed E-state index contributed by atoms with van der Waals surface area (Å²) in [5, 5.41) is 0. The molecule has 156 valence electrons. The van der Waals surface area contributed by atoms with Crippen LogP contribution in [0, 0.1) is 0 Å². The van der Waals surface area contributed by atoms with Crippen molar-refractivity contribution in [3.8, 4) is 0 Å². The minimum Gasteiger partial charge on any atom is -0.454 e. The molecule has 2 heterocycles. The Morgan fingerprint density at radius 3 is 2.17 bits per heavy atom. The van der Waals surface area contributed by atoms with Gasteiger partial charge in [0.05, 0.1) is 11.1 Å². The summed E-state index contributed by atoms with van der Waals surface area (Å²) in [6.45, 7) is 0.979. The Kier molecular flexibility index (Phi) is 7.30. The van der Waals surface area contributed by atoms with Gasteiger partial charge < -0.3 is 9.64 Å². The van der Waals surface area contributed by atoms with Crippen molar-refractivity contribution < 1.29 is 23.9 Å². The van der Waals surface area contributed by atoms with Gasteiger partial charge in [0.1, 0.15) is 6.04 Å². The predicted molar refractivity (Wildman–Crippen MR) is 110 cm³/mol. The van der Waals surface area contributed by atoms with Gasteiger partial charge in [-0.05, 0) is 43.4 Å². The second-order valence-electron chi connectivity index (χ2n) is 7.23. The van der Waals surface area contributed by atoms with Crippen LogP contribution in [0.3, 0.4) is 0 Å². The molecule has 0 saturated carbocycles. The molecule has 1 atom stereocenters. The van der Waals surface area contributed by atoms with E-state index in [9.17, 15) is 19.2 Å². The highest BCUT2D eigenvalue weighted by Crippen LogP contribution is 2.26. The number of carbonyl (C=O) groups excluding carboxylic acids is 4. The molecule has 1 saturated heterocycles. The van der Waals surface area contributed by atoms with E-state index in [1.165, 1.54) is 11.8 Å². The fraction of sp³-hybridized carbons (Fsp3) is 0.524. The number of hydrogen-bond donors (Lipinski definition) is 0. The molecule has 1 aromatic carbocycles.